The fraction of sp³-hybridized carbons (Fsp3) is 0.263. The van der Waals surface area contributed by atoms with Crippen molar-refractivity contribution in [1.29, 1.82) is 0 Å². The second-order valence-corrected chi connectivity index (χ2v) is 6.08. The van der Waals surface area contributed by atoms with Gasteiger partial charge in [0, 0.05) is 5.92 Å². The molecule has 1 aromatic carbocycles. The number of hydrogen-bond donors (Lipinski definition) is 0. The van der Waals surface area contributed by atoms with E-state index in [4.69, 9.17) is 0 Å². The summed E-state index contributed by atoms with van der Waals surface area (Å²) < 4.78 is 66.8. The van der Waals surface area contributed by atoms with E-state index in [-0.39, 0.29) is 11.8 Å². The average molecular weight is 385 g/mol. The summed E-state index contributed by atoms with van der Waals surface area (Å²) in [5.74, 6) is -13.4. The molecule has 0 aromatic heterocycles. The van der Waals surface area contributed by atoms with Crippen LogP contribution >= 0.6 is 0 Å². The summed E-state index contributed by atoms with van der Waals surface area (Å²) in [7, 11) is 0. The smallest absolute Gasteiger partial charge is 0.313 e. The van der Waals surface area contributed by atoms with E-state index in [0.717, 1.165) is 0 Å². The molecule has 0 atom stereocenters. The molecule has 144 valence electrons. The van der Waals surface area contributed by atoms with Gasteiger partial charge in [-0.25, -0.2) is 26.7 Å². The van der Waals surface area contributed by atoms with Crippen molar-refractivity contribution in [2.24, 2.45) is 17.0 Å². The zero-order chi connectivity index (χ0) is 20.1. The lowest BCUT2D eigenvalue weighted by molar-refractivity contribution is 0.0498. The van der Waals surface area contributed by atoms with E-state index in [1.54, 1.807) is 13.8 Å². The van der Waals surface area contributed by atoms with E-state index in [1.165, 1.54) is 0 Å². The number of allylic oxidation sites excluding steroid dienone is 6. The van der Waals surface area contributed by atoms with Gasteiger partial charge in [0.2, 0.25) is 5.82 Å². The zero-order valence-electron chi connectivity index (χ0n) is 14.5. The van der Waals surface area contributed by atoms with Crippen molar-refractivity contribution in [3.63, 3.8) is 0 Å². The van der Waals surface area contributed by atoms with Crippen LogP contribution < -0.4 is 0 Å². The summed E-state index contributed by atoms with van der Waals surface area (Å²) >= 11 is 0. The van der Waals surface area contributed by atoms with Crippen LogP contribution in [0.25, 0.3) is 0 Å². The van der Waals surface area contributed by atoms with E-state index in [2.05, 4.69) is 9.99 Å². The van der Waals surface area contributed by atoms with E-state index in [0.29, 0.717) is 12.1 Å². The third kappa shape index (κ3) is 4.69. The highest BCUT2D eigenvalue weighted by atomic mass is 19.2. The maximum Gasteiger partial charge on any atom is 0.371 e. The summed E-state index contributed by atoms with van der Waals surface area (Å²) in [6, 6.07) is 0. The van der Waals surface area contributed by atoms with Crippen LogP contribution in [0.1, 0.15) is 30.6 Å². The molecule has 3 nitrogen and oxygen atoms in total. The van der Waals surface area contributed by atoms with Crippen LogP contribution in [0.4, 0.5) is 22.0 Å². The molecule has 0 amide bonds. The van der Waals surface area contributed by atoms with Gasteiger partial charge in [-0.1, -0.05) is 55.5 Å². The number of hydrogen-bond acceptors (Lipinski definition) is 3. The molecule has 1 aliphatic carbocycles. The Morgan fingerprint density at radius 1 is 0.926 bits per heavy atom. The Hall–Kier alpha value is -2.77. The SMILES string of the molecule is CC(C)/C(CC1C=CC=CC=C1)=N\OC(=O)c1c(F)c(F)c(F)c(F)c1F. The quantitative estimate of drug-likeness (QED) is 0.174. The van der Waals surface area contributed by atoms with Gasteiger partial charge >= 0.3 is 5.97 Å². The number of rotatable bonds is 5. The minimum Gasteiger partial charge on any atom is -0.313 e. The summed E-state index contributed by atoms with van der Waals surface area (Å²) in [6.07, 6.45) is 11.4. The molecule has 0 saturated carbocycles. The Morgan fingerprint density at radius 2 is 1.41 bits per heavy atom. The Balaban J connectivity index is 2.25. The molecule has 8 heteroatoms. The van der Waals surface area contributed by atoms with Crippen molar-refractivity contribution in [3.8, 4) is 0 Å². The first-order chi connectivity index (χ1) is 12.7. The van der Waals surface area contributed by atoms with Crippen molar-refractivity contribution >= 4 is 11.7 Å². The van der Waals surface area contributed by atoms with E-state index in [9.17, 15) is 26.7 Å². The largest absolute Gasteiger partial charge is 0.371 e. The fourth-order valence-electron chi connectivity index (χ4n) is 2.29. The minimum absolute atomic E-state index is 0.0611. The Morgan fingerprint density at radius 3 is 1.89 bits per heavy atom. The van der Waals surface area contributed by atoms with Gasteiger partial charge in [-0.05, 0) is 12.3 Å². The van der Waals surface area contributed by atoms with Crippen molar-refractivity contribution < 1.29 is 31.6 Å². The van der Waals surface area contributed by atoms with E-state index >= 15 is 0 Å². The minimum atomic E-state index is -2.35. The second-order valence-electron chi connectivity index (χ2n) is 6.08. The van der Waals surface area contributed by atoms with Crippen LogP contribution in [-0.4, -0.2) is 11.7 Å². The number of nitrogens with zero attached hydrogens (tertiary/aromatic N) is 1. The molecule has 0 heterocycles. The molecule has 27 heavy (non-hydrogen) atoms. The van der Waals surface area contributed by atoms with Crippen molar-refractivity contribution in [2.75, 3.05) is 0 Å². The van der Waals surface area contributed by atoms with Gasteiger partial charge in [0.05, 0.1) is 5.71 Å². The molecular formula is C19H16F5NO2. The van der Waals surface area contributed by atoms with Crippen LogP contribution in [0.3, 0.4) is 0 Å². The lowest BCUT2D eigenvalue weighted by atomic mass is 9.95. The number of carbonyl (C=O) groups is 1. The first-order valence-electron chi connectivity index (χ1n) is 8.05. The topological polar surface area (TPSA) is 38.7 Å². The third-order valence-corrected chi connectivity index (χ3v) is 3.82. The van der Waals surface area contributed by atoms with Gasteiger partial charge in [-0.3, -0.25) is 0 Å². The van der Waals surface area contributed by atoms with Gasteiger partial charge in [0.25, 0.3) is 0 Å². The summed E-state index contributed by atoms with van der Waals surface area (Å²) in [4.78, 5) is 16.4. The summed E-state index contributed by atoms with van der Waals surface area (Å²) in [5.41, 5.74) is -1.30. The monoisotopic (exact) mass is 385 g/mol. The van der Waals surface area contributed by atoms with Crippen LogP contribution in [0.2, 0.25) is 0 Å². The van der Waals surface area contributed by atoms with Crippen LogP contribution in [0.5, 0.6) is 0 Å². The van der Waals surface area contributed by atoms with Crippen molar-refractivity contribution in [2.45, 2.75) is 20.3 Å². The number of carbonyl (C=O) groups excluding carboxylic acids is 1. The van der Waals surface area contributed by atoms with Gasteiger partial charge in [0.15, 0.2) is 23.3 Å². The highest BCUT2D eigenvalue weighted by molar-refractivity contribution is 5.92. The molecule has 1 aliphatic rings. The summed E-state index contributed by atoms with van der Waals surface area (Å²) in [6.45, 7) is 3.51. The number of benzene rings is 1. The molecule has 0 saturated heterocycles. The summed E-state index contributed by atoms with van der Waals surface area (Å²) in [5, 5.41) is 3.60. The Kier molecular flexibility index (Phi) is 6.65. The molecule has 0 fully saturated rings. The Labute approximate surface area is 152 Å². The Bertz CT molecular complexity index is 811. The van der Waals surface area contributed by atoms with Gasteiger partial charge < -0.3 is 4.84 Å². The lowest BCUT2D eigenvalue weighted by Gasteiger charge is -2.13. The molecule has 0 unspecified atom stereocenters. The van der Waals surface area contributed by atoms with Crippen LogP contribution in [0.15, 0.2) is 41.6 Å². The van der Waals surface area contributed by atoms with Crippen molar-refractivity contribution in [3.05, 3.63) is 71.1 Å². The molecule has 2 rings (SSSR count). The maximum absolute atomic E-state index is 13.7. The standard InChI is InChI=1S/C19H16F5NO2/c1-10(2)12(9-11-7-5-3-4-6-8-11)25-27-19(26)13-14(20)16(22)18(24)17(23)15(13)21/h3-8,10-11H,9H2,1-2H3/b25-12-. The third-order valence-electron chi connectivity index (χ3n) is 3.82. The number of oxime groups is 1. The number of halogens is 5. The lowest BCUT2D eigenvalue weighted by Crippen LogP contribution is -2.17. The highest BCUT2D eigenvalue weighted by Crippen LogP contribution is 2.24. The normalized spacial score (nSPS) is 14.7. The average Bonchev–Trinajstić information content (AvgIpc) is 2.90. The van der Waals surface area contributed by atoms with Gasteiger partial charge in [-0.15, -0.1) is 0 Å². The van der Waals surface area contributed by atoms with Gasteiger partial charge in [-0.2, -0.15) is 0 Å². The van der Waals surface area contributed by atoms with Crippen LogP contribution in [0, 0.1) is 40.9 Å². The molecule has 0 bridgehead atoms. The van der Waals surface area contributed by atoms with Gasteiger partial charge in [0.1, 0.15) is 5.56 Å². The molecule has 0 spiro atoms. The zero-order valence-corrected chi connectivity index (χ0v) is 14.5. The molecule has 0 N–H and O–H groups in total. The fourth-order valence-corrected chi connectivity index (χ4v) is 2.29. The molecular weight excluding hydrogens is 369 g/mol. The maximum atomic E-state index is 13.7. The first kappa shape index (κ1) is 20.5. The van der Waals surface area contributed by atoms with E-state index < -0.39 is 40.6 Å². The first-order valence-corrected chi connectivity index (χ1v) is 8.05. The predicted molar refractivity (Wildman–Crippen MR) is 89.4 cm³/mol. The molecule has 0 aliphatic heterocycles. The van der Waals surface area contributed by atoms with Crippen molar-refractivity contribution in [1.82, 2.24) is 0 Å². The molecule has 1 aromatic rings. The second kappa shape index (κ2) is 8.75. The highest BCUT2D eigenvalue weighted by Gasteiger charge is 2.31. The predicted octanol–water partition coefficient (Wildman–Crippen LogP) is 5.24. The van der Waals surface area contributed by atoms with E-state index in [1.807, 2.05) is 36.5 Å². The molecule has 0 radical (unpaired) electrons. The van der Waals surface area contributed by atoms with Crippen LogP contribution in [-0.2, 0) is 4.84 Å².